The smallest absolute Gasteiger partial charge is 0.214 e. The van der Waals surface area contributed by atoms with Crippen molar-refractivity contribution in [1.82, 2.24) is 4.98 Å². The fourth-order valence-corrected chi connectivity index (χ4v) is 3.50. The molecule has 1 aliphatic carbocycles. The number of hydrogen-bond donors (Lipinski definition) is 0. The largest absolute Gasteiger partial charge is 0.474 e. The van der Waals surface area contributed by atoms with Crippen LogP contribution in [0.1, 0.15) is 58.2 Å². The number of pyridine rings is 1. The van der Waals surface area contributed by atoms with Gasteiger partial charge in [-0.05, 0) is 48.6 Å². The first-order chi connectivity index (χ1) is 10.0. The molecule has 0 aromatic carbocycles. The summed E-state index contributed by atoms with van der Waals surface area (Å²) in [4.78, 5) is 4.63. The molecular formula is C18H28ClNO. The van der Waals surface area contributed by atoms with Crippen LogP contribution in [0.3, 0.4) is 0 Å². The average molecular weight is 310 g/mol. The maximum atomic E-state index is 6.31. The zero-order valence-corrected chi connectivity index (χ0v) is 14.5. The number of ether oxygens (including phenoxy) is 1. The third kappa shape index (κ3) is 4.35. The van der Waals surface area contributed by atoms with Crippen molar-refractivity contribution in [2.75, 3.05) is 0 Å². The summed E-state index contributed by atoms with van der Waals surface area (Å²) in [5.41, 5.74) is 2.16. The van der Waals surface area contributed by atoms with Crippen LogP contribution in [0.5, 0.6) is 5.88 Å². The molecular weight excluding hydrogens is 282 g/mol. The Morgan fingerprint density at radius 2 is 2.10 bits per heavy atom. The molecule has 3 heteroatoms. The first kappa shape index (κ1) is 16.6. The van der Waals surface area contributed by atoms with Gasteiger partial charge in [-0.2, -0.15) is 0 Å². The van der Waals surface area contributed by atoms with Crippen molar-refractivity contribution < 1.29 is 4.74 Å². The minimum absolute atomic E-state index is 0.288. The van der Waals surface area contributed by atoms with E-state index in [0.717, 1.165) is 35.9 Å². The predicted molar refractivity (Wildman–Crippen MR) is 88.9 cm³/mol. The second kappa shape index (κ2) is 7.49. The lowest BCUT2D eigenvalue weighted by atomic mass is 9.75. The van der Waals surface area contributed by atoms with E-state index in [2.05, 4.69) is 38.7 Å². The van der Waals surface area contributed by atoms with Crippen LogP contribution in [0.4, 0.5) is 0 Å². The quantitative estimate of drug-likeness (QED) is 0.695. The molecule has 2 nitrogen and oxygen atoms in total. The SMILES string of the molecule is CCc1cc(CCl)cc(OC2CC(C)CCC2C(C)C)n1. The molecule has 1 aromatic heterocycles. The number of aromatic nitrogens is 1. The topological polar surface area (TPSA) is 22.1 Å². The van der Waals surface area contributed by atoms with Gasteiger partial charge in [-0.15, -0.1) is 11.6 Å². The lowest BCUT2D eigenvalue weighted by molar-refractivity contribution is 0.0425. The zero-order chi connectivity index (χ0) is 15.4. The Balaban J connectivity index is 2.17. The minimum Gasteiger partial charge on any atom is -0.474 e. The lowest BCUT2D eigenvalue weighted by Crippen LogP contribution is -2.36. The standard InChI is InChI=1S/C18H28ClNO/c1-5-15-9-14(11-19)10-18(20-15)21-17-8-13(4)6-7-16(17)12(2)3/h9-10,12-13,16-17H,5-8,11H2,1-4H3. The molecule has 118 valence electrons. The molecule has 21 heavy (non-hydrogen) atoms. The van der Waals surface area contributed by atoms with Gasteiger partial charge in [0.05, 0.1) is 0 Å². The highest BCUT2D eigenvalue weighted by Gasteiger charge is 2.32. The van der Waals surface area contributed by atoms with Crippen molar-refractivity contribution in [3.05, 3.63) is 23.4 Å². The Kier molecular flexibility index (Phi) is 5.92. The van der Waals surface area contributed by atoms with Gasteiger partial charge < -0.3 is 4.74 Å². The highest BCUT2D eigenvalue weighted by atomic mass is 35.5. The first-order valence-electron chi connectivity index (χ1n) is 8.25. The summed E-state index contributed by atoms with van der Waals surface area (Å²) >= 11 is 5.99. The lowest BCUT2D eigenvalue weighted by Gasteiger charge is -2.37. The van der Waals surface area contributed by atoms with Crippen molar-refractivity contribution in [1.29, 1.82) is 0 Å². The summed E-state index contributed by atoms with van der Waals surface area (Å²) in [7, 11) is 0. The number of nitrogens with zero attached hydrogens (tertiary/aromatic N) is 1. The first-order valence-corrected chi connectivity index (χ1v) is 8.79. The molecule has 0 aliphatic heterocycles. The summed E-state index contributed by atoms with van der Waals surface area (Å²) in [6.45, 7) is 9.05. The van der Waals surface area contributed by atoms with Crippen LogP contribution in [-0.4, -0.2) is 11.1 Å². The Bertz CT molecular complexity index is 438. The van der Waals surface area contributed by atoms with Gasteiger partial charge in [-0.3, -0.25) is 0 Å². The number of alkyl halides is 1. The predicted octanol–water partition coefficient (Wildman–Crippen LogP) is 5.22. The highest BCUT2D eigenvalue weighted by molar-refractivity contribution is 6.17. The van der Waals surface area contributed by atoms with Gasteiger partial charge in [0, 0.05) is 17.6 Å². The molecule has 1 saturated carbocycles. The van der Waals surface area contributed by atoms with Crippen LogP contribution in [-0.2, 0) is 12.3 Å². The molecule has 1 heterocycles. The third-order valence-corrected chi connectivity index (χ3v) is 4.97. The van der Waals surface area contributed by atoms with Crippen LogP contribution < -0.4 is 4.74 Å². The molecule has 1 aliphatic rings. The van der Waals surface area contributed by atoms with Gasteiger partial charge in [-0.1, -0.05) is 34.1 Å². The van der Waals surface area contributed by atoms with Gasteiger partial charge in [0.2, 0.25) is 5.88 Å². The van der Waals surface area contributed by atoms with E-state index in [-0.39, 0.29) is 6.10 Å². The van der Waals surface area contributed by atoms with Gasteiger partial charge in [0.15, 0.2) is 0 Å². The fourth-order valence-electron chi connectivity index (χ4n) is 3.34. The van der Waals surface area contributed by atoms with Gasteiger partial charge in [0.25, 0.3) is 0 Å². The summed E-state index contributed by atoms with van der Waals surface area (Å²) in [5, 5.41) is 0. The molecule has 0 bridgehead atoms. The average Bonchev–Trinajstić information content (AvgIpc) is 2.46. The molecule has 0 N–H and O–H groups in total. The third-order valence-electron chi connectivity index (χ3n) is 4.66. The molecule has 3 unspecified atom stereocenters. The van der Waals surface area contributed by atoms with E-state index in [4.69, 9.17) is 16.3 Å². The van der Waals surface area contributed by atoms with Crippen LogP contribution >= 0.6 is 11.6 Å². The molecule has 1 fully saturated rings. The number of hydrogen-bond acceptors (Lipinski definition) is 2. The Labute approximate surface area is 134 Å². The summed E-state index contributed by atoms with van der Waals surface area (Å²) < 4.78 is 6.31. The van der Waals surface area contributed by atoms with Crippen LogP contribution in [0.2, 0.25) is 0 Å². The Morgan fingerprint density at radius 1 is 1.33 bits per heavy atom. The normalized spacial score (nSPS) is 26.1. The van der Waals surface area contributed by atoms with Gasteiger partial charge >= 0.3 is 0 Å². The maximum absolute atomic E-state index is 6.31. The zero-order valence-electron chi connectivity index (χ0n) is 13.7. The van der Waals surface area contributed by atoms with Crippen LogP contribution in [0, 0.1) is 17.8 Å². The number of aryl methyl sites for hydroxylation is 1. The van der Waals surface area contributed by atoms with E-state index >= 15 is 0 Å². The molecule has 0 spiro atoms. The van der Waals surface area contributed by atoms with Gasteiger partial charge in [-0.25, -0.2) is 4.98 Å². The molecule has 2 rings (SSSR count). The van der Waals surface area contributed by atoms with E-state index in [1.54, 1.807) is 0 Å². The van der Waals surface area contributed by atoms with E-state index in [1.807, 2.05) is 6.07 Å². The van der Waals surface area contributed by atoms with E-state index in [1.165, 1.54) is 12.8 Å². The van der Waals surface area contributed by atoms with Crippen molar-refractivity contribution in [3.63, 3.8) is 0 Å². The van der Waals surface area contributed by atoms with Crippen molar-refractivity contribution in [3.8, 4) is 5.88 Å². The fraction of sp³-hybridized carbons (Fsp3) is 0.722. The monoisotopic (exact) mass is 309 g/mol. The van der Waals surface area contributed by atoms with Crippen molar-refractivity contribution in [2.24, 2.45) is 17.8 Å². The van der Waals surface area contributed by atoms with Gasteiger partial charge in [0.1, 0.15) is 6.10 Å². The van der Waals surface area contributed by atoms with Crippen molar-refractivity contribution in [2.45, 2.75) is 65.4 Å². The number of halogens is 1. The summed E-state index contributed by atoms with van der Waals surface area (Å²) in [5.74, 6) is 3.30. The van der Waals surface area contributed by atoms with Crippen LogP contribution in [0.25, 0.3) is 0 Å². The van der Waals surface area contributed by atoms with Crippen molar-refractivity contribution >= 4 is 11.6 Å². The molecule has 3 atom stereocenters. The number of rotatable bonds is 5. The molecule has 0 radical (unpaired) electrons. The highest BCUT2D eigenvalue weighted by Crippen LogP contribution is 2.35. The maximum Gasteiger partial charge on any atom is 0.214 e. The molecule has 0 saturated heterocycles. The molecule has 1 aromatic rings. The second-order valence-corrected chi connectivity index (χ2v) is 7.04. The Morgan fingerprint density at radius 3 is 2.71 bits per heavy atom. The minimum atomic E-state index is 0.288. The summed E-state index contributed by atoms with van der Waals surface area (Å²) in [6.07, 6.45) is 4.92. The van der Waals surface area contributed by atoms with E-state index < -0.39 is 0 Å². The Hall–Kier alpha value is -0.760. The van der Waals surface area contributed by atoms with E-state index in [0.29, 0.717) is 17.7 Å². The second-order valence-electron chi connectivity index (χ2n) is 6.77. The summed E-state index contributed by atoms with van der Waals surface area (Å²) in [6, 6.07) is 4.08. The van der Waals surface area contributed by atoms with Crippen LogP contribution in [0.15, 0.2) is 12.1 Å². The molecule has 0 amide bonds. The van der Waals surface area contributed by atoms with E-state index in [9.17, 15) is 0 Å².